The predicted molar refractivity (Wildman–Crippen MR) is 153 cm³/mol. The van der Waals surface area contributed by atoms with Crippen LogP contribution >= 0.6 is 0 Å². The molecule has 3 aromatic rings. The maximum absolute atomic E-state index is 13.2. The molecule has 2 N–H and O–H groups in total. The van der Waals surface area contributed by atoms with E-state index in [0.29, 0.717) is 41.1 Å². The van der Waals surface area contributed by atoms with Crippen LogP contribution < -0.4 is 10.7 Å². The highest BCUT2D eigenvalue weighted by atomic mass is 32.2. The maximum Gasteiger partial charge on any atom is 0.243 e. The molecule has 0 aliphatic carbocycles. The lowest BCUT2D eigenvalue weighted by atomic mass is 9.98. The molecule has 8 nitrogen and oxygen atoms in total. The lowest BCUT2D eigenvalue weighted by Crippen LogP contribution is -2.42. The molecular weight excluding hydrogens is 512 g/mol. The topological polar surface area (TPSA) is 108 Å². The number of benzene rings is 3. The first kappa shape index (κ1) is 28.2. The zero-order valence-corrected chi connectivity index (χ0v) is 23.3. The van der Waals surface area contributed by atoms with Crippen molar-refractivity contribution in [3.63, 3.8) is 0 Å². The summed E-state index contributed by atoms with van der Waals surface area (Å²) < 4.78 is 27.8. The van der Waals surface area contributed by atoms with Crippen LogP contribution in [0.2, 0.25) is 0 Å². The summed E-state index contributed by atoms with van der Waals surface area (Å²) in [5.41, 5.74) is 7.31. The Hall–Kier alpha value is -3.82. The molecule has 0 aromatic heterocycles. The van der Waals surface area contributed by atoms with Crippen molar-refractivity contribution in [1.82, 2.24) is 9.73 Å². The van der Waals surface area contributed by atoms with Gasteiger partial charge >= 0.3 is 0 Å². The van der Waals surface area contributed by atoms with E-state index in [9.17, 15) is 18.0 Å². The Morgan fingerprint density at radius 2 is 1.62 bits per heavy atom. The molecule has 0 radical (unpaired) electrons. The van der Waals surface area contributed by atoms with E-state index < -0.39 is 10.0 Å². The van der Waals surface area contributed by atoms with Gasteiger partial charge in [-0.3, -0.25) is 9.59 Å². The number of anilines is 1. The molecule has 0 spiro atoms. The number of sulfonamides is 1. The number of carbonyl (C=O) groups excluding carboxylic acids is 2. The summed E-state index contributed by atoms with van der Waals surface area (Å²) in [6, 6.07) is 22.2. The monoisotopic (exact) mass is 546 g/mol. The molecular formula is C30H34N4O4S. The van der Waals surface area contributed by atoms with Crippen molar-refractivity contribution in [2.24, 2.45) is 11.0 Å². The van der Waals surface area contributed by atoms with E-state index in [-0.39, 0.29) is 30.8 Å². The van der Waals surface area contributed by atoms with E-state index in [1.807, 2.05) is 61.5 Å². The minimum atomic E-state index is -3.61. The summed E-state index contributed by atoms with van der Waals surface area (Å²) in [6.45, 7) is 6.03. The maximum atomic E-state index is 13.2. The Kier molecular flexibility index (Phi) is 8.93. The highest BCUT2D eigenvalue weighted by Crippen LogP contribution is 2.26. The van der Waals surface area contributed by atoms with Crippen LogP contribution in [0, 0.1) is 19.8 Å². The third-order valence-electron chi connectivity index (χ3n) is 6.91. The molecule has 1 fully saturated rings. The van der Waals surface area contributed by atoms with E-state index in [1.165, 1.54) is 4.31 Å². The van der Waals surface area contributed by atoms with Crippen molar-refractivity contribution in [2.45, 2.75) is 44.9 Å². The number of nitrogens with zero attached hydrogens (tertiary/aromatic N) is 2. The molecule has 1 heterocycles. The van der Waals surface area contributed by atoms with Crippen molar-refractivity contribution in [2.75, 3.05) is 18.4 Å². The number of hydrogen-bond donors (Lipinski definition) is 2. The first-order chi connectivity index (χ1) is 18.6. The van der Waals surface area contributed by atoms with Gasteiger partial charge in [-0.25, -0.2) is 13.8 Å². The highest BCUT2D eigenvalue weighted by molar-refractivity contribution is 7.89. The van der Waals surface area contributed by atoms with Crippen LogP contribution in [0.15, 0.2) is 82.8 Å². The second kappa shape index (κ2) is 12.4. The lowest BCUT2D eigenvalue weighted by Gasteiger charge is -2.30. The minimum absolute atomic E-state index is 0.0977. The lowest BCUT2D eigenvalue weighted by molar-refractivity contribution is -0.126. The van der Waals surface area contributed by atoms with Crippen molar-refractivity contribution >= 4 is 33.2 Å². The Morgan fingerprint density at radius 1 is 0.949 bits per heavy atom. The standard InChI is InChI=1S/C30H34N4O4S/c1-21-9-10-22(2)28(19-21)39(37,38)34-17-15-26(16-18-34)30(36)33-32-23(3)25-11-13-27(14-12-25)31-29(35)20-24-7-5-4-6-8-24/h4-14,19,26H,15-18,20H2,1-3H3,(H,31,35)(H,33,36). The largest absolute Gasteiger partial charge is 0.326 e. The Balaban J connectivity index is 1.28. The van der Waals surface area contributed by atoms with Gasteiger partial charge in [0.25, 0.3) is 0 Å². The highest BCUT2D eigenvalue weighted by Gasteiger charge is 2.32. The van der Waals surface area contributed by atoms with Crippen LogP contribution in [0.5, 0.6) is 0 Å². The third-order valence-corrected chi connectivity index (χ3v) is 8.95. The number of aryl methyl sites for hydroxylation is 2. The first-order valence-electron chi connectivity index (χ1n) is 13.0. The van der Waals surface area contributed by atoms with Crippen molar-refractivity contribution in [3.8, 4) is 0 Å². The molecule has 1 saturated heterocycles. The van der Waals surface area contributed by atoms with Gasteiger partial charge in [0.1, 0.15) is 0 Å². The van der Waals surface area contributed by atoms with Gasteiger partial charge in [-0.1, -0.05) is 54.6 Å². The zero-order valence-electron chi connectivity index (χ0n) is 22.5. The van der Waals surface area contributed by atoms with Gasteiger partial charge < -0.3 is 5.32 Å². The summed E-state index contributed by atoms with van der Waals surface area (Å²) in [7, 11) is -3.61. The van der Waals surface area contributed by atoms with Crippen molar-refractivity contribution < 1.29 is 18.0 Å². The van der Waals surface area contributed by atoms with E-state index in [2.05, 4.69) is 15.8 Å². The molecule has 3 aromatic carbocycles. The van der Waals surface area contributed by atoms with Crippen LogP contribution in [0.1, 0.15) is 42.0 Å². The number of piperidine rings is 1. The average Bonchev–Trinajstić information content (AvgIpc) is 2.93. The van der Waals surface area contributed by atoms with Gasteiger partial charge in [-0.2, -0.15) is 9.41 Å². The van der Waals surface area contributed by atoms with Gasteiger partial charge in [0.2, 0.25) is 21.8 Å². The number of nitrogens with one attached hydrogen (secondary N) is 2. The third kappa shape index (κ3) is 7.19. The molecule has 9 heteroatoms. The van der Waals surface area contributed by atoms with Crippen LogP contribution in [0.25, 0.3) is 0 Å². The van der Waals surface area contributed by atoms with E-state index >= 15 is 0 Å². The first-order valence-corrected chi connectivity index (χ1v) is 14.4. The fraction of sp³-hybridized carbons (Fsp3) is 0.300. The van der Waals surface area contributed by atoms with Crippen molar-refractivity contribution in [3.05, 3.63) is 95.1 Å². The minimum Gasteiger partial charge on any atom is -0.326 e. The summed E-state index contributed by atoms with van der Waals surface area (Å²) in [5, 5.41) is 7.14. The van der Waals surface area contributed by atoms with Gasteiger partial charge in [-0.05, 0) is 74.1 Å². The number of rotatable bonds is 8. The van der Waals surface area contributed by atoms with Gasteiger partial charge in [0, 0.05) is 24.7 Å². The second-order valence-corrected chi connectivity index (χ2v) is 11.8. The van der Waals surface area contributed by atoms with Crippen LogP contribution in [0.4, 0.5) is 5.69 Å². The second-order valence-electron chi connectivity index (χ2n) is 9.91. The normalized spacial score (nSPS) is 15.1. The number of amides is 2. The molecule has 0 saturated carbocycles. The molecule has 204 valence electrons. The molecule has 39 heavy (non-hydrogen) atoms. The SMILES string of the molecule is CC(=NNC(=O)C1CCN(S(=O)(=O)c2cc(C)ccc2C)CC1)c1ccc(NC(=O)Cc2ccccc2)cc1. The van der Waals surface area contributed by atoms with Gasteiger partial charge in [0.15, 0.2) is 0 Å². The summed E-state index contributed by atoms with van der Waals surface area (Å²) in [4.78, 5) is 25.4. The summed E-state index contributed by atoms with van der Waals surface area (Å²) >= 11 is 0. The van der Waals surface area contributed by atoms with Crippen molar-refractivity contribution in [1.29, 1.82) is 0 Å². The summed E-state index contributed by atoms with van der Waals surface area (Å²) in [6.07, 6.45) is 1.16. The fourth-order valence-corrected chi connectivity index (χ4v) is 6.34. The molecule has 0 atom stereocenters. The zero-order chi connectivity index (χ0) is 28.0. The molecule has 4 rings (SSSR count). The number of hydrogen-bond acceptors (Lipinski definition) is 5. The molecule has 2 amide bonds. The number of hydrazone groups is 1. The van der Waals surface area contributed by atoms with Crippen LogP contribution in [-0.4, -0.2) is 43.3 Å². The van der Waals surface area contributed by atoms with Gasteiger partial charge in [-0.15, -0.1) is 0 Å². The van der Waals surface area contributed by atoms with E-state index in [1.54, 1.807) is 32.0 Å². The van der Waals surface area contributed by atoms with Crippen LogP contribution in [-0.2, 0) is 26.0 Å². The Morgan fingerprint density at radius 3 is 2.28 bits per heavy atom. The Labute approximate surface area is 230 Å². The molecule has 1 aliphatic heterocycles. The van der Waals surface area contributed by atoms with E-state index in [0.717, 1.165) is 16.7 Å². The molecule has 0 bridgehead atoms. The predicted octanol–water partition coefficient (Wildman–Crippen LogP) is 4.43. The summed E-state index contributed by atoms with van der Waals surface area (Å²) in [5.74, 6) is -0.629. The average molecular weight is 547 g/mol. The van der Waals surface area contributed by atoms with Gasteiger partial charge in [0.05, 0.1) is 17.0 Å². The Bertz CT molecular complexity index is 1460. The fourth-order valence-electron chi connectivity index (χ4n) is 4.56. The molecule has 1 aliphatic rings. The van der Waals surface area contributed by atoms with E-state index in [4.69, 9.17) is 0 Å². The quantitative estimate of drug-likeness (QED) is 0.322. The van der Waals surface area contributed by atoms with Crippen LogP contribution in [0.3, 0.4) is 0 Å². The smallest absolute Gasteiger partial charge is 0.243 e. The molecule has 0 unspecified atom stereocenters. The number of carbonyl (C=O) groups is 2.